The van der Waals surface area contributed by atoms with Gasteiger partial charge in [-0.3, -0.25) is 0 Å². The molecule has 1 aliphatic heterocycles. The Balaban J connectivity index is 1.89. The summed E-state index contributed by atoms with van der Waals surface area (Å²) in [5.41, 5.74) is 0.616. The molecule has 106 valence electrons. The van der Waals surface area contributed by atoms with Crippen molar-refractivity contribution in [2.75, 3.05) is 6.61 Å². The van der Waals surface area contributed by atoms with Gasteiger partial charge in [-0.1, -0.05) is 49.4 Å². The molecule has 1 aliphatic rings. The van der Waals surface area contributed by atoms with Gasteiger partial charge in [0.2, 0.25) is 0 Å². The van der Waals surface area contributed by atoms with Crippen LogP contribution in [0.15, 0.2) is 42.5 Å². The van der Waals surface area contributed by atoms with Crippen molar-refractivity contribution < 1.29 is 9.84 Å². The average Bonchev–Trinajstić information content (AvgIpc) is 2.47. The predicted molar refractivity (Wildman–Crippen MR) is 81.9 cm³/mol. The third kappa shape index (κ3) is 2.72. The lowest BCUT2D eigenvalue weighted by molar-refractivity contribution is -0.103. The van der Waals surface area contributed by atoms with Crippen LogP contribution in [0.4, 0.5) is 0 Å². The van der Waals surface area contributed by atoms with E-state index in [4.69, 9.17) is 4.74 Å². The summed E-state index contributed by atoms with van der Waals surface area (Å²) in [6.45, 7) is 2.79. The van der Waals surface area contributed by atoms with E-state index in [1.165, 1.54) is 16.3 Å². The van der Waals surface area contributed by atoms with Crippen LogP contribution < -0.4 is 0 Å². The van der Waals surface area contributed by atoms with Crippen molar-refractivity contribution in [3.05, 3.63) is 48.0 Å². The molecule has 0 bridgehead atoms. The highest BCUT2D eigenvalue weighted by Gasteiger charge is 2.34. The number of rotatable bonds is 3. The van der Waals surface area contributed by atoms with Gasteiger partial charge in [0.25, 0.3) is 0 Å². The topological polar surface area (TPSA) is 29.5 Å². The Kier molecular flexibility index (Phi) is 3.77. The van der Waals surface area contributed by atoms with E-state index in [0.29, 0.717) is 13.0 Å². The van der Waals surface area contributed by atoms with Crippen LogP contribution in [0.1, 0.15) is 31.7 Å². The second-order valence-electron chi connectivity index (χ2n) is 5.89. The fourth-order valence-electron chi connectivity index (χ4n) is 3.22. The first-order chi connectivity index (χ1) is 9.70. The minimum absolute atomic E-state index is 0.198. The predicted octanol–water partition coefficient (Wildman–Crippen LogP) is 3.70. The first-order valence-corrected chi connectivity index (χ1v) is 7.51. The van der Waals surface area contributed by atoms with Crippen molar-refractivity contribution in [1.82, 2.24) is 0 Å². The lowest BCUT2D eigenvalue weighted by atomic mass is 9.83. The quantitative estimate of drug-likeness (QED) is 0.921. The minimum atomic E-state index is -0.622. The highest BCUT2D eigenvalue weighted by Crippen LogP contribution is 2.31. The molecule has 1 heterocycles. The molecule has 0 saturated carbocycles. The molecule has 2 atom stereocenters. The van der Waals surface area contributed by atoms with Crippen molar-refractivity contribution in [2.24, 2.45) is 0 Å². The van der Waals surface area contributed by atoms with Crippen molar-refractivity contribution in [3.63, 3.8) is 0 Å². The highest BCUT2D eigenvalue weighted by molar-refractivity contribution is 5.85. The monoisotopic (exact) mass is 270 g/mol. The molecule has 2 heteroatoms. The van der Waals surface area contributed by atoms with Gasteiger partial charge in [0, 0.05) is 19.4 Å². The van der Waals surface area contributed by atoms with Gasteiger partial charge in [-0.2, -0.15) is 0 Å². The maximum absolute atomic E-state index is 10.9. The molecule has 1 N–H and O–H groups in total. The van der Waals surface area contributed by atoms with Crippen LogP contribution in [0.2, 0.25) is 0 Å². The first-order valence-electron chi connectivity index (χ1n) is 7.51. The van der Waals surface area contributed by atoms with Crippen molar-refractivity contribution >= 4 is 10.8 Å². The summed E-state index contributed by atoms with van der Waals surface area (Å²) in [6.07, 6.45) is 3.36. The van der Waals surface area contributed by atoms with E-state index < -0.39 is 5.60 Å². The van der Waals surface area contributed by atoms with Crippen LogP contribution >= 0.6 is 0 Å². The lowest BCUT2D eigenvalue weighted by Crippen LogP contribution is -2.42. The summed E-state index contributed by atoms with van der Waals surface area (Å²) in [5, 5.41) is 13.4. The second kappa shape index (κ2) is 5.55. The summed E-state index contributed by atoms with van der Waals surface area (Å²) in [4.78, 5) is 0. The maximum atomic E-state index is 10.9. The molecule has 0 aliphatic carbocycles. The minimum Gasteiger partial charge on any atom is -0.389 e. The molecular formula is C18H22O2. The van der Waals surface area contributed by atoms with E-state index in [2.05, 4.69) is 49.4 Å². The second-order valence-corrected chi connectivity index (χ2v) is 5.89. The molecule has 0 radical (unpaired) electrons. The summed E-state index contributed by atoms with van der Waals surface area (Å²) in [6, 6.07) is 14.7. The molecular weight excluding hydrogens is 248 g/mol. The molecule has 2 nitrogen and oxygen atoms in total. The third-order valence-corrected chi connectivity index (χ3v) is 4.38. The Hall–Kier alpha value is -1.38. The Morgan fingerprint density at radius 3 is 2.85 bits per heavy atom. The smallest absolute Gasteiger partial charge is 0.0734 e. The number of ether oxygens (including phenoxy) is 1. The Labute approximate surface area is 120 Å². The van der Waals surface area contributed by atoms with Crippen LogP contribution in [0, 0.1) is 0 Å². The van der Waals surface area contributed by atoms with E-state index in [0.717, 1.165) is 19.3 Å². The van der Waals surface area contributed by atoms with Gasteiger partial charge in [-0.15, -0.1) is 0 Å². The van der Waals surface area contributed by atoms with Crippen LogP contribution in [-0.4, -0.2) is 23.4 Å². The third-order valence-electron chi connectivity index (χ3n) is 4.38. The summed E-state index contributed by atoms with van der Waals surface area (Å²) < 4.78 is 5.69. The molecule has 0 amide bonds. The SMILES string of the molecule is CCC1CC(O)(Cc2cccc3ccccc23)CCO1. The van der Waals surface area contributed by atoms with Crippen LogP contribution in [0.3, 0.4) is 0 Å². The van der Waals surface area contributed by atoms with Crippen molar-refractivity contribution in [1.29, 1.82) is 0 Å². The molecule has 1 saturated heterocycles. The van der Waals surface area contributed by atoms with E-state index in [-0.39, 0.29) is 6.10 Å². The van der Waals surface area contributed by atoms with Gasteiger partial charge in [0.1, 0.15) is 0 Å². The molecule has 20 heavy (non-hydrogen) atoms. The normalized spacial score (nSPS) is 26.8. The fourth-order valence-corrected chi connectivity index (χ4v) is 3.22. The van der Waals surface area contributed by atoms with Gasteiger partial charge < -0.3 is 9.84 Å². The molecule has 2 aromatic carbocycles. The van der Waals surface area contributed by atoms with E-state index in [1.807, 2.05) is 0 Å². The van der Waals surface area contributed by atoms with Crippen LogP contribution in [0.5, 0.6) is 0 Å². The number of aliphatic hydroxyl groups is 1. The summed E-state index contributed by atoms with van der Waals surface area (Å²) in [7, 11) is 0. The molecule has 3 rings (SSSR count). The largest absolute Gasteiger partial charge is 0.389 e. The zero-order valence-corrected chi connectivity index (χ0v) is 12.0. The van der Waals surface area contributed by atoms with E-state index in [9.17, 15) is 5.11 Å². The first kappa shape index (κ1) is 13.6. The number of benzene rings is 2. The van der Waals surface area contributed by atoms with Gasteiger partial charge in [0.15, 0.2) is 0 Å². The lowest BCUT2D eigenvalue weighted by Gasteiger charge is -2.37. The van der Waals surface area contributed by atoms with Gasteiger partial charge in [-0.25, -0.2) is 0 Å². The zero-order valence-electron chi connectivity index (χ0n) is 12.0. The number of fused-ring (bicyclic) bond motifs is 1. The Morgan fingerprint density at radius 2 is 2.00 bits per heavy atom. The maximum Gasteiger partial charge on any atom is 0.0734 e. The van der Waals surface area contributed by atoms with Crippen LogP contribution in [-0.2, 0) is 11.2 Å². The molecule has 2 unspecified atom stereocenters. The van der Waals surface area contributed by atoms with Gasteiger partial charge >= 0.3 is 0 Å². The Morgan fingerprint density at radius 1 is 1.20 bits per heavy atom. The van der Waals surface area contributed by atoms with Crippen molar-refractivity contribution in [2.45, 2.75) is 44.3 Å². The van der Waals surface area contributed by atoms with Gasteiger partial charge in [-0.05, 0) is 29.2 Å². The average molecular weight is 270 g/mol. The standard InChI is InChI=1S/C18H22O2/c1-2-16-13-18(19,10-11-20-16)12-15-8-5-7-14-6-3-4-9-17(14)15/h3-9,16,19H,2,10-13H2,1H3. The van der Waals surface area contributed by atoms with E-state index >= 15 is 0 Å². The van der Waals surface area contributed by atoms with Crippen LogP contribution in [0.25, 0.3) is 10.8 Å². The molecule has 2 aromatic rings. The molecule has 0 spiro atoms. The molecule has 1 fully saturated rings. The summed E-state index contributed by atoms with van der Waals surface area (Å²) in [5.74, 6) is 0. The fraction of sp³-hybridized carbons (Fsp3) is 0.444. The van der Waals surface area contributed by atoms with Gasteiger partial charge in [0.05, 0.1) is 11.7 Å². The number of hydrogen-bond donors (Lipinski definition) is 1. The highest BCUT2D eigenvalue weighted by atomic mass is 16.5. The number of hydrogen-bond acceptors (Lipinski definition) is 2. The summed E-state index contributed by atoms with van der Waals surface area (Å²) >= 11 is 0. The zero-order chi connectivity index (χ0) is 14.0. The Bertz CT molecular complexity index is 587. The molecule has 0 aromatic heterocycles. The van der Waals surface area contributed by atoms with E-state index in [1.54, 1.807) is 0 Å². The van der Waals surface area contributed by atoms with Crippen molar-refractivity contribution in [3.8, 4) is 0 Å².